The lowest BCUT2D eigenvalue weighted by atomic mass is 10.2. The molecule has 24 heavy (non-hydrogen) atoms. The van der Waals surface area contributed by atoms with E-state index in [4.69, 9.17) is 0 Å². The van der Waals surface area contributed by atoms with Crippen molar-refractivity contribution in [3.63, 3.8) is 0 Å². The maximum atomic E-state index is 12.0. The standard InChI is InChI=1S/C17H18N6O/c1-11(2)19-16-21-14(13-9-6-10-18-15(13)24)22-17(23-16)20-12-7-4-3-5-8-12/h3-11H,1-2H3,(H,18,24)(H2,19,20,21,22,23). The largest absolute Gasteiger partial charge is 0.352 e. The third kappa shape index (κ3) is 3.75. The fourth-order valence-corrected chi connectivity index (χ4v) is 2.12. The van der Waals surface area contributed by atoms with Crippen molar-refractivity contribution < 1.29 is 0 Å². The van der Waals surface area contributed by atoms with E-state index in [-0.39, 0.29) is 11.6 Å². The van der Waals surface area contributed by atoms with Crippen LogP contribution in [0.25, 0.3) is 11.4 Å². The van der Waals surface area contributed by atoms with Gasteiger partial charge in [-0.25, -0.2) is 0 Å². The number of hydrogen-bond acceptors (Lipinski definition) is 6. The van der Waals surface area contributed by atoms with Crippen molar-refractivity contribution in [1.82, 2.24) is 19.9 Å². The van der Waals surface area contributed by atoms with Gasteiger partial charge in [-0.15, -0.1) is 0 Å². The number of hydrogen-bond donors (Lipinski definition) is 3. The van der Waals surface area contributed by atoms with Crippen molar-refractivity contribution in [3.05, 3.63) is 59.0 Å². The second-order valence-electron chi connectivity index (χ2n) is 5.51. The number of anilines is 3. The van der Waals surface area contributed by atoms with Crippen LogP contribution in [-0.2, 0) is 0 Å². The monoisotopic (exact) mass is 322 g/mol. The van der Waals surface area contributed by atoms with Gasteiger partial charge in [0.1, 0.15) is 0 Å². The minimum Gasteiger partial charge on any atom is -0.352 e. The van der Waals surface area contributed by atoms with E-state index in [1.165, 1.54) is 0 Å². The molecular formula is C17H18N6O. The van der Waals surface area contributed by atoms with Crippen molar-refractivity contribution in [2.24, 2.45) is 0 Å². The molecule has 3 N–H and O–H groups in total. The van der Waals surface area contributed by atoms with Gasteiger partial charge in [0.25, 0.3) is 5.56 Å². The molecule has 0 unspecified atom stereocenters. The zero-order valence-electron chi connectivity index (χ0n) is 13.4. The number of aromatic amines is 1. The molecule has 1 aromatic carbocycles. The van der Waals surface area contributed by atoms with E-state index < -0.39 is 0 Å². The van der Waals surface area contributed by atoms with Crippen molar-refractivity contribution in [3.8, 4) is 11.4 Å². The van der Waals surface area contributed by atoms with Crippen LogP contribution in [0.15, 0.2) is 53.5 Å². The molecule has 3 rings (SSSR count). The number of nitrogens with one attached hydrogen (secondary N) is 3. The van der Waals surface area contributed by atoms with Crippen LogP contribution in [0.2, 0.25) is 0 Å². The number of benzene rings is 1. The summed E-state index contributed by atoms with van der Waals surface area (Å²) in [5.41, 5.74) is 1.000. The second kappa shape index (κ2) is 6.91. The van der Waals surface area contributed by atoms with Crippen LogP contribution in [0, 0.1) is 0 Å². The van der Waals surface area contributed by atoms with Crippen LogP contribution in [-0.4, -0.2) is 26.0 Å². The molecule has 0 bridgehead atoms. The number of pyridine rings is 1. The molecule has 0 atom stereocenters. The van der Waals surface area contributed by atoms with Gasteiger partial charge in [-0.2, -0.15) is 15.0 Å². The summed E-state index contributed by atoms with van der Waals surface area (Å²) in [6.07, 6.45) is 1.57. The predicted molar refractivity (Wildman–Crippen MR) is 94.4 cm³/mol. The van der Waals surface area contributed by atoms with Crippen molar-refractivity contribution in [1.29, 1.82) is 0 Å². The molecule has 3 aromatic rings. The molecule has 0 aliphatic rings. The first-order valence-corrected chi connectivity index (χ1v) is 7.64. The summed E-state index contributed by atoms with van der Waals surface area (Å²) >= 11 is 0. The van der Waals surface area contributed by atoms with Crippen molar-refractivity contribution in [2.75, 3.05) is 10.6 Å². The van der Waals surface area contributed by atoms with E-state index in [0.717, 1.165) is 5.69 Å². The molecule has 122 valence electrons. The molecule has 0 spiro atoms. The van der Waals surface area contributed by atoms with Gasteiger partial charge in [0.15, 0.2) is 5.82 Å². The Bertz CT molecular complexity index is 876. The highest BCUT2D eigenvalue weighted by molar-refractivity contribution is 5.60. The fraction of sp³-hybridized carbons (Fsp3) is 0.176. The zero-order chi connectivity index (χ0) is 16.9. The fourth-order valence-electron chi connectivity index (χ4n) is 2.12. The van der Waals surface area contributed by atoms with Crippen molar-refractivity contribution >= 4 is 17.6 Å². The van der Waals surface area contributed by atoms with Crippen LogP contribution in [0.1, 0.15) is 13.8 Å². The van der Waals surface area contributed by atoms with Gasteiger partial charge >= 0.3 is 0 Å². The summed E-state index contributed by atoms with van der Waals surface area (Å²) in [5, 5.41) is 6.28. The van der Waals surface area contributed by atoms with Crippen LogP contribution in [0.3, 0.4) is 0 Å². The van der Waals surface area contributed by atoms with Crippen molar-refractivity contribution in [2.45, 2.75) is 19.9 Å². The Morgan fingerprint density at radius 2 is 1.71 bits per heavy atom. The van der Waals surface area contributed by atoms with Crippen LogP contribution >= 0.6 is 0 Å². The van der Waals surface area contributed by atoms with Gasteiger partial charge < -0.3 is 15.6 Å². The summed E-state index contributed by atoms with van der Waals surface area (Å²) < 4.78 is 0. The van der Waals surface area contributed by atoms with Gasteiger partial charge in [-0.05, 0) is 38.1 Å². The summed E-state index contributed by atoms with van der Waals surface area (Å²) in [6.45, 7) is 3.98. The molecule has 0 amide bonds. The highest BCUT2D eigenvalue weighted by atomic mass is 16.1. The molecule has 2 aromatic heterocycles. The van der Waals surface area contributed by atoms with Gasteiger partial charge in [0.05, 0.1) is 5.56 Å². The summed E-state index contributed by atoms with van der Waals surface area (Å²) in [4.78, 5) is 27.8. The number of rotatable bonds is 5. The molecule has 0 aliphatic carbocycles. The molecule has 0 saturated heterocycles. The van der Waals surface area contributed by atoms with Gasteiger partial charge in [0.2, 0.25) is 11.9 Å². The van der Waals surface area contributed by atoms with Crippen LogP contribution in [0.4, 0.5) is 17.6 Å². The molecule has 0 aliphatic heterocycles. The highest BCUT2D eigenvalue weighted by Gasteiger charge is 2.12. The van der Waals surface area contributed by atoms with E-state index in [1.54, 1.807) is 18.3 Å². The Morgan fingerprint density at radius 3 is 2.42 bits per heavy atom. The third-order valence-corrected chi connectivity index (χ3v) is 3.14. The SMILES string of the molecule is CC(C)Nc1nc(Nc2ccccc2)nc(-c2ccc[nH]c2=O)n1. The molecular weight excluding hydrogens is 304 g/mol. The Hall–Kier alpha value is -3.22. The van der Waals surface area contributed by atoms with E-state index in [9.17, 15) is 4.79 Å². The summed E-state index contributed by atoms with van der Waals surface area (Å²) in [7, 11) is 0. The minimum absolute atomic E-state index is 0.152. The Kier molecular flexibility index (Phi) is 4.51. The number of H-pyrrole nitrogens is 1. The Morgan fingerprint density at radius 1 is 0.958 bits per heavy atom. The lowest BCUT2D eigenvalue weighted by Crippen LogP contribution is -2.16. The van der Waals surface area contributed by atoms with E-state index in [2.05, 4.69) is 30.6 Å². The average molecular weight is 322 g/mol. The lowest BCUT2D eigenvalue weighted by Gasteiger charge is -2.12. The van der Waals surface area contributed by atoms with E-state index in [0.29, 0.717) is 23.3 Å². The minimum atomic E-state index is -0.246. The zero-order valence-corrected chi connectivity index (χ0v) is 13.4. The first kappa shape index (κ1) is 15.7. The maximum absolute atomic E-state index is 12.0. The molecule has 7 heteroatoms. The third-order valence-electron chi connectivity index (χ3n) is 3.14. The maximum Gasteiger partial charge on any atom is 0.259 e. The normalized spacial score (nSPS) is 10.6. The van der Waals surface area contributed by atoms with E-state index >= 15 is 0 Å². The predicted octanol–water partition coefficient (Wildman–Crippen LogP) is 2.79. The number of para-hydroxylation sites is 1. The summed E-state index contributed by atoms with van der Waals surface area (Å²) in [5.74, 6) is 1.10. The van der Waals surface area contributed by atoms with Gasteiger partial charge in [-0.3, -0.25) is 4.79 Å². The number of aromatic nitrogens is 4. The quantitative estimate of drug-likeness (QED) is 0.668. The van der Waals surface area contributed by atoms with Crippen LogP contribution in [0.5, 0.6) is 0 Å². The first-order chi connectivity index (χ1) is 11.6. The second-order valence-corrected chi connectivity index (χ2v) is 5.51. The first-order valence-electron chi connectivity index (χ1n) is 7.64. The Labute approximate surface area is 139 Å². The molecule has 0 saturated carbocycles. The topological polar surface area (TPSA) is 95.6 Å². The molecule has 0 fully saturated rings. The Balaban J connectivity index is 2.04. The lowest BCUT2D eigenvalue weighted by molar-refractivity contribution is 0.869. The van der Waals surface area contributed by atoms with Gasteiger partial charge in [-0.1, -0.05) is 18.2 Å². The van der Waals surface area contributed by atoms with Crippen LogP contribution < -0.4 is 16.2 Å². The van der Waals surface area contributed by atoms with Gasteiger partial charge in [0, 0.05) is 17.9 Å². The smallest absolute Gasteiger partial charge is 0.259 e. The van der Waals surface area contributed by atoms with E-state index in [1.807, 2.05) is 44.2 Å². The number of nitrogens with zero attached hydrogens (tertiary/aromatic N) is 3. The molecule has 7 nitrogen and oxygen atoms in total. The average Bonchev–Trinajstić information content (AvgIpc) is 2.55. The molecule has 2 heterocycles. The highest BCUT2D eigenvalue weighted by Crippen LogP contribution is 2.18. The molecule has 0 radical (unpaired) electrons. The summed E-state index contributed by atoms with van der Waals surface area (Å²) in [6, 6.07) is 13.2.